The van der Waals surface area contributed by atoms with Crippen molar-refractivity contribution in [3.63, 3.8) is 0 Å². The number of anilines is 1. The molecular weight excluding hydrogens is 576 g/mol. The molecule has 1 N–H and O–H groups in total. The van der Waals surface area contributed by atoms with Crippen molar-refractivity contribution in [3.8, 4) is 11.5 Å². The molecule has 6 rings (SSSR count). The summed E-state index contributed by atoms with van der Waals surface area (Å²) in [5, 5.41) is 4.81. The van der Waals surface area contributed by atoms with Crippen LogP contribution in [-0.2, 0) is 22.8 Å². The van der Waals surface area contributed by atoms with Gasteiger partial charge in [-0.3, -0.25) is 14.9 Å². The van der Waals surface area contributed by atoms with Gasteiger partial charge in [0, 0.05) is 10.6 Å². The van der Waals surface area contributed by atoms with Crippen molar-refractivity contribution < 1.29 is 23.9 Å². The Kier molecular flexibility index (Phi) is 8.12. The number of nitrogens with one attached hydrogen (secondary N) is 1. The van der Waals surface area contributed by atoms with Crippen molar-refractivity contribution in [1.29, 1.82) is 0 Å². The number of carbonyl (C=O) groups excluding carboxylic acids is 3. The summed E-state index contributed by atoms with van der Waals surface area (Å²) in [5.74, 6) is -0.590. The second-order valence-corrected chi connectivity index (χ2v) is 10.8. The van der Waals surface area contributed by atoms with Crippen LogP contribution < -0.4 is 19.7 Å². The summed E-state index contributed by atoms with van der Waals surface area (Å²) >= 11 is 6.29. The minimum atomic E-state index is -0.844. The number of carbonyl (C=O) groups is 3. The highest BCUT2D eigenvalue weighted by Gasteiger charge is 2.37. The third-order valence-corrected chi connectivity index (χ3v) is 7.49. The summed E-state index contributed by atoms with van der Waals surface area (Å²) in [6.07, 6.45) is 1.39. The zero-order valence-electron chi connectivity index (χ0n) is 23.8. The molecule has 1 aliphatic heterocycles. The van der Waals surface area contributed by atoms with Gasteiger partial charge in [-0.15, -0.1) is 0 Å². The Morgan fingerprint density at radius 2 is 1.55 bits per heavy atom. The molecule has 0 saturated carbocycles. The summed E-state index contributed by atoms with van der Waals surface area (Å²) in [5.41, 5.74) is 3.62. The molecule has 1 saturated heterocycles. The molecule has 5 aromatic carbocycles. The predicted octanol–water partition coefficient (Wildman–Crippen LogP) is 7.63. The van der Waals surface area contributed by atoms with E-state index in [4.69, 9.17) is 21.1 Å². The summed E-state index contributed by atoms with van der Waals surface area (Å²) in [6, 6.07) is 32.6. The molecule has 0 unspecified atom stereocenters. The molecule has 0 atom stereocenters. The van der Waals surface area contributed by atoms with E-state index in [0.29, 0.717) is 28.7 Å². The highest BCUT2D eigenvalue weighted by atomic mass is 35.5. The van der Waals surface area contributed by atoms with Gasteiger partial charge in [0.25, 0.3) is 11.8 Å². The molecule has 0 aliphatic carbocycles. The van der Waals surface area contributed by atoms with Gasteiger partial charge in [0.2, 0.25) is 0 Å². The Morgan fingerprint density at radius 3 is 2.34 bits per heavy atom. The van der Waals surface area contributed by atoms with Gasteiger partial charge in [-0.1, -0.05) is 83.9 Å². The molecule has 8 heteroatoms. The van der Waals surface area contributed by atoms with Gasteiger partial charge in [0.05, 0.1) is 5.69 Å². The van der Waals surface area contributed by atoms with E-state index >= 15 is 0 Å². The number of aryl methyl sites for hydroxylation is 1. The predicted molar refractivity (Wildman–Crippen MR) is 171 cm³/mol. The molecule has 44 heavy (non-hydrogen) atoms. The number of hydrogen-bond donors (Lipinski definition) is 1. The molecule has 0 radical (unpaired) electrons. The van der Waals surface area contributed by atoms with Crippen molar-refractivity contribution in [1.82, 2.24) is 5.32 Å². The van der Waals surface area contributed by atoms with Gasteiger partial charge in [-0.05, 0) is 77.4 Å². The molecule has 5 aromatic rings. The smallest absolute Gasteiger partial charge is 0.335 e. The first-order valence-electron chi connectivity index (χ1n) is 13.9. The Bertz CT molecular complexity index is 1910. The number of rotatable bonds is 8. The lowest BCUT2D eigenvalue weighted by Crippen LogP contribution is -2.54. The number of imide groups is 2. The third-order valence-electron chi connectivity index (χ3n) is 7.26. The molecule has 0 spiro atoms. The highest BCUT2D eigenvalue weighted by Crippen LogP contribution is 2.30. The summed E-state index contributed by atoms with van der Waals surface area (Å²) < 4.78 is 12.0. The zero-order valence-corrected chi connectivity index (χ0v) is 24.5. The van der Waals surface area contributed by atoms with Crippen LogP contribution in [0, 0.1) is 6.92 Å². The van der Waals surface area contributed by atoms with Gasteiger partial charge in [-0.2, -0.15) is 0 Å². The average molecular weight is 603 g/mol. The molecular formula is C36H27ClN2O5. The van der Waals surface area contributed by atoms with Crippen LogP contribution in [0.15, 0.2) is 115 Å². The minimum absolute atomic E-state index is 0.235. The Balaban J connectivity index is 1.22. The van der Waals surface area contributed by atoms with Gasteiger partial charge in [0.1, 0.15) is 30.3 Å². The standard InChI is InChI=1S/C36H27ClN2O5/c1-23-9-11-24(12-10-23)21-43-30-16-14-29(15-17-30)39-35(41)32(34(40)38-36(39)42)20-27-19-28(37)13-18-33(27)44-22-26-7-4-6-25-5-2-3-8-31(25)26/h2-20H,21-22H2,1H3,(H,38,40,42)/b32-20+. The Hall–Kier alpha value is -5.40. The van der Waals surface area contributed by atoms with Crippen molar-refractivity contribution in [2.45, 2.75) is 20.1 Å². The molecule has 218 valence electrons. The molecule has 1 heterocycles. The van der Waals surface area contributed by atoms with E-state index in [9.17, 15) is 14.4 Å². The van der Waals surface area contributed by atoms with Gasteiger partial charge >= 0.3 is 6.03 Å². The van der Waals surface area contributed by atoms with Crippen LogP contribution >= 0.6 is 11.6 Å². The van der Waals surface area contributed by atoms with E-state index in [0.717, 1.165) is 32.4 Å². The zero-order chi connectivity index (χ0) is 30.6. The number of barbiturate groups is 1. The normalized spacial score (nSPS) is 14.2. The van der Waals surface area contributed by atoms with Crippen LogP contribution in [0.5, 0.6) is 11.5 Å². The van der Waals surface area contributed by atoms with E-state index in [1.54, 1.807) is 42.5 Å². The first-order chi connectivity index (χ1) is 21.4. The fraction of sp³-hybridized carbons (Fsp3) is 0.0833. The quantitative estimate of drug-likeness (QED) is 0.146. The molecule has 7 nitrogen and oxygen atoms in total. The number of halogens is 1. The lowest BCUT2D eigenvalue weighted by atomic mass is 10.0. The van der Waals surface area contributed by atoms with Crippen molar-refractivity contribution >= 4 is 52.0 Å². The number of hydrogen-bond acceptors (Lipinski definition) is 5. The van der Waals surface area contributed by atoms with Crippen LogP contribution in [0.2, 0.25) is 5.02 Å². The summed E-state index contributed by atoms with van der Waals surface area (Å²) in [6.45, 7) is 2.64. The number of ether oxygens (including phenoxy) is 2. The van der Waals surface area contributed by atoms with Crippen LogP contribution in [0.1, 0.15) is 22.3 Å². The lowest BCUT2D eigenvalue weighted by Gasteiger charge is -2.26. The number of nitrogens with zero attached hydrogens (tertiary/aromatic N) is 1. The number of urea groups is 1. The molecule has 1 aliphatic rings. The highest BCUT2D eigenvalue weighted by molar-refractivity contribution is 6.39. The van der Waals surface area contributed by atoms with E-state index in [1.165, 1.54) is 6.08 Å². The average Bonchev–Trinajstić information content (AvgIpc) is 3.03. The second-order valence-electron chi connectivity index (χ2n) is 10.3. The lowest BCUT2D eigenvalue weighted by molar-refractivity contribution is -0.122. The minimum Gasteiger partial charge on any atom is -0.489 e. The van der Waals surface area contributed by atoms with Gasteiger partial charge in [0.15, 0.2) is 0 Å². The van der Waals surface area contributed by atoms with E-state index in [1.807, 2.05) is 73.7 Å². The maximum absolute atomic E-state index is 13.6. The fourth-order valence-corrected chi connectivity index (χ4v) is 5.11. The van der Waals surface area contributed by atoms with Gasteiger partial charge in [-0.25, -0.2) is 9.69 Å². The second kappa shape index (κ2) is 12.5. The Morgan fingerprint density at radius 1 is 0.795 bits per heavy atom. The maximum Gasteiger partial charge on any atom is 0.335 e. The topological polar surface area (TPSA) is 84.9 Å². The van der Waals surface area contributed by atoms with Crippen LogP contribution in [0.3, 0.4) is 0 Å². The van der Waals surface area contributed by atoms with Crippen molar-refractivity contribution in [2.24, 2.45) is 0 Å². The van der Waals surface area contributed by atoms with Crippen LogP contribution in [0.25, 0.3) is 16.8 Å². The first kappa shape index (κ1) is 28.7. The number of fused-ring (bicyclic) bond motifs is 1. The molecule has 0 aromatic heterocycles. The Labute approximate surface area is 259 Å². The molecule has 0 bridgehead atoms. The van der Waals surface area contributed by atoms with Crippen molar-refractivity contribution in [3.05, 3.63) is 142 Å². The van der Waals surface area contributed by atoms with E-state index in [2.05, 4.69) is 5.32 Å². The van der Waals surface area contributed by atoms with Crippen LogP contribution in [-0.4, -0.2) is 17.8 Å². The van der Waals surface area contributed by atoms with E-state index < -0.39 is 17.8 Å². The summed E-state index contributed by atoms with van der Waals surface area (Å²) in [4.78, 5) is 40.1. The van der Waals surface area contributed by atoms with Gasteiger partial charge < -0.3 is 9.47 Å². The summed E-state index contributed by atoms with van der Waals surface area (Å²) in [7, 11) is 0. The number of benzene rings is 5. The molecule has 4 amide bonds. The molecule has 1 fully saturated rings. The largest absolute Gasteiger partial charge is 0.489 e. The maximum atomic E-state index is 13.6. The van der Waals surface area contributed by atoms with Crippen LogP contribution in [0.4, 0.5) is 10.5 Å². The van der Waals surface area contributed by atoms with E-state index in [-0.39, 0.29) is 17.9 Å². The fourth-order valence-electron chi connectivity index (χ4n) is 4.93. The SMILES string of the molecule is Cc1ccc(COc2ccc(N3C(=O)NC(=O)/C(=C\c4cc(Cl)ccc4OCc4cccc5ccccc45)C3=O)cc2)cc1. The number of amides is 4. The third kappa shape index (κ3) is 6.19. The first-order valence-corrected chi connectivity index (χ1v) is 14.3. The van der Waals surface area contributed by atoms with Crippen molar-refractivity contribution in [2.75, 3.05) is 4.90 Å². The monoisotopic (exact) mass is 602 g/mol.